The molecule has 4 rings (SSSR count). The molecule has 0 aromatic carbocycles. The van der Waals surface area contributed by atoms with E-state index in [-0.39, 0.29) is 41.3 Å². The molecule has 30 heavy (non-hydrogen) atoms. The summed E-state index contributed by atoms with van der Waals surface area (Å²) in [6.07, 6.45) is 7.32. The third-order valence-electron chi connectivity index (χ3n) is 8.61. The maximum absolute atomic E-state index is 12.9. The zero-order valence-corrected chi connectivity index (χ0v) is 17.7. The van der Waals surface area contributed by atoms with Gasteiger partial charge in [-0.05, 0) is 67.8 Å². The van der Waals surface area contributed by atoms with Gasteiger partial charge >= 0.3 is 5.97 Å². The van der Waals surface area contributed by atoms with Gasteiger partial charge in [-0.25, -0.2) is 0 Å². The van der Waals surface area contributed by atoms with Crippen LogP contribution in [-0.4, -0.2) is 46.8 Å². The van der Waals surface area contributed by atoms with Crippen LogP contribution in [0.3, 0.4) is 0 Å². The highest BCUT2D eigenvalue weighted by Gasteiger charge is 2.64. The highest BCUT2D eigenvalue weighted by atomic mass is 16.5. The van der Waals surface area contributed by atoms with Crippen molar-refractivity contribution >= 4 is 23.8 Å². The van der Waals surface area contributed by atoms with Gasteiger partial charge in [0.15, 0.2) is 11.6 Å². The Balaban J connectivity index is 1.68. The number of nitrogens with zero attached hydrogens (tertiary/aromatic N) is 1. The standard InChI is InChI=1S/C23H31NO6/c1-13(25)30-11-20(28)18-6-5-17-16-4-3-14-9-15(26)7-8-22(14,2)21(16)19(27)10-23(17,18)12-24-29/h9,12,16-19,21,27,29H,3-8,10-11H2,1-2H3/t16-,17-,18+,19-,21+,22-,23+/m0/s1. The van der Waals surface area contributed by atoms with E-state index in [9.17, 15) is 24.7 Å². The molecule has 4 aliphatic rings. The zero-order valence-electron chi connectivity index (χ0n) is 17.7. The van der Waals surface area contributed by atoms with Crippen molar-refractivity contribution in [1.82, 2.24) is 0 Å². The molecule has 0 heterocycles. The Labute approximate surface area is 176 Å². The van der Waals surface area contributed by atoms with E-state index in [0.29, 0.717) is 19.3 Å². The summed E-state index contributed by atoms with van der Waals surface area (Å²) in [6.45, 7) is 3.16. The van der Waals surface area contributed by atoms with E-state index in [0.717, 1.165) is 31.3 Å². The molecule has 3 fully saturated rings. The van der Waals surface area contributed by atoms with Gasteiger partial charge in [-0.1, -0.05) is 12.5 Å². The molecule has 0 unspecified atom stereocenters. The average Bonchev–Trinajstić information content (AvgIpc) is 3.05. The van der Waals surface area contributed by atoms with Crippen molar-refractivity contribution < 1.29 is 29.4 Å². The van der Waals surface area contributed by atoms with Gasteiger partial charge in [-0.2, -0.15) is 0 Å². The van der Waals surface area contributed by atoms with E-state index in [1.165, 1.54) is 13.1 Å². The third-order valence-corrected chi connectivity index (χ3v) is 8.61. The summed E-state index contributed by atoms with van der Waals surface area (Å²) < 4.78 is 4.95. The number of Topliss-reactive ketones (excluding diaryl/α,β-unsaturated/α-hetero) is 1. The van der Waals surface area contributed by atoms with E-state index in [4.69, 9.17) is 4.74 Å². The first-order valence-electron chi connectivity index (χ1n) is 11.0. The van der Waals surface area contributed by atoms with E-state index >= 15 is 0 Å². The second-order valence-corrected chi connectivity index (χ2v) is 9.89. The van der Waals surface area contributed by atoms with Crippen molar-refractivity contribution in [3.05, 3.63) is 11.6 Å². The van der Waals surface area contributed by atoms with Crippen LogP contribution in [0.4, 0.5) is 0 Å². The SMILES string of the molecule is CC(=O)OCC(=O)[C@H]1CC[C@H]2[C@@H]3CCC4=CC(=O)CC[C@]4(C)[C@H]3[C@@H](O)C[C@]12C=NO. The highest BCUT2D eigenvalue weighted by molar-refractivity contribution is 5.92. The Kier molecular flexibility index (Phi) is 5.37. The fraction of sp³-hybridized carbons (Fsp3) is 0.739. The molecular weight excluding hydrogens is 386 g/mol. The lowest BCUT2D eigenvalue weighted by atomic mass is 9.45. The van der Waals surface area contributed by atoms with Crippen molar-refractivity contribution in [3.8, 4) is 0 Å². The number of ether oxygens (including phenoxy) is 1. The summed E-state index contributed by atoms with van der Waals surface area (Å²) in [7, 11) is 0. The average molecular weight is 418 g/mol. The summed E-state index contributed by atoms with van der Waals surface area (Å²) in [5, 5.41) is 24.2. The zero-order chi connectivity index (χ0) is 21.7. The maximum atomic E-state index is 12.9. The first kappa shape index (κ1) is 21.2. The van der Waals surface area contributed by atoms with E-state index in [1.807, 2.05) is 0 Å². The van der Waals surface area contributed by atoms with Gasteiger partial charge in [-0.3, -0.25) is 14.4 Å². The van der Waals surface area contributed by atoms with Crippen LogP contribution < -0.4 is 0 Å². The number of oxime groups is 1. The molecule has 0 spiro atoms. The van der Waals surface area contributed by atoms with Gasteiger partial charge in [0.1, 0.15) is 6.61 Å². The Morgan fingerprint density at radius 2 is 2.07 bits per heavy atom. The number of fused-ring (bicyclic) bond motifs is 5. The number of rotatable bonds is 4. The number of ketones is 2. The lowest BCUT2D eigenvalue weighted by Crippen LogP contribution is -2.58. The molecule has 0 bridgehead atoms. The lowest BCUT2D eigenvalue weighted by molar-refractivity contribution is -0.150. The summed E-state index contributed by atoms with van der Waals surface area (Å²) in [4.78, 5) is 36.1. The van der Waals surface area contributed by atoms with Crippen LogP contribution in [-0.2, 0) is 19.1 Å². The van der Waals surface area contributed by atoms with Gasteiger partial charge in [-0.15, -0.1) is 5.16 Å². The van der Waals surface area contributed by atoms with E-state index in [2.05, 4.69) is 12.1 Å². The molecule has 7 heteroatoms. The van der Waals surface area contributed by atoms with Crippen molar-refractivity contribution in [3.63, 3.8) is 0 Å². The van der Waals surface area contributed by atoms with Crippen molar-refractivity contribution in [1.29, 1.82) is 0 Å². The van der Waals surface area contributed by atoms with Crippen molar-refractivity contribution in [2.24, 2.45) is 39.7 Å². The normalized spacial score (nSPS) is 42.8. The van der Waals surface area contributed by atoms with E-state index in [1.54, 1.807) is 6.08 Å². The van der Waals surface area contributed by atoms with Gasteiger partial charge in [0.25, 0.3) is 0 Å². The molecule has 4 aliphatic carbocycles. The number of allylic oxidation sites excluding steroid dienone is 1. The van der Waals surface area contributed by atoms with Gasteiger partial charge < -0.3 is 15.1 Å². The van der Waals surface area contributed by atoms with E-state index < -0.39 is 23.4 Å². The van der Waals surface area contributed by atoms with Crippen LogP contribution in [0.2, 0.25) is 0 Å². The number of carbonyl (C=O) groups is 3. The monoisotopic (exact) mass is 417 g/mol. The van der Waals surface area contributed by atoms with Crippen LogP contribution >= 0.6 is 0 Å². The van der Waals surface area contributed by atoms with Crippen molar-refractivity contribution in [2.75, 3.05) is 6.61 Å². The minimum Gasteiger partial charge on any atom is -0.458 e. The molecule has 0 aliphatic heterocycles. The van der Waals surface area contributed by atoms with Crippen LogP contribution in [0.15, 0.2) is 16.8 Å². The fourth-order valence-electron chi connectivity index (χ4n) is 7.47. The second kappa shape index (κ2) is 7.59. The molecule has 7 atom stereocenters. The lowest BCUT2D eigenvalue weighted by Gasteiger charge is -2.59. The Morgan fingerprint density at radius 1 is 1.30 bits per heavy atom. The number of hydrogen-bond donors (Lipinski definition) is 2. The Bertz CT molecular complexity index is 819. The van der Waals surface area contributed by atoms with Crippen LogP contribution in [0.1, 0.15) is 58.8 Å². The van der Waals surface area contributed by atoms with Crippen molar-refractivity contribution in [2.45, 2.75) is 64.9 Å². The maximum Gasteiger partial charge on any atom is 0.303 e. The summed E-state index contributed by atoms with van der Waals surface area (Å²) in [5.74, 6) is -0.617. The van der Waals surface area contributed by atoms with Gasteiger partial charge in [0.05, 0.1) is 12.3 Å². The summed E-state index contributed by atoms with van der Waals surface area (Å²) >= 11 is 0. The smallest absolute Gasteiger partial charge is 0.303 e. The summed E-state index contributed by atoms with van der Waals surface area (Å²) in [5.41, 5.74) is 0.218. The molecule has 164 valence electrons. The highest BCUT2D eigenvalue weighted by Crippen LogP contribution is 2.66. The number of esters is 1. The number of carbonyl (C=O) groups excluding carboxylic acids is 3. The molecule has 0 radical (unpaired) electrons. The second-order valence-electron chi connectivity index (χ2n) is 9.89. The largest absolute Gasteiger partial charge is 0.458 e. The first-order valence-corrected chi connectivity index (χ1v) is 11.0. The van der Waals surface area contributed by atoms with Gasteiger partial charge in [0, 0.05) is 24.7 Å². The molecule has 7 nitrogen and oxygen atoms in total. The van der Waals surface area contributed by atoms with Gasteiger partial charge in [0.2, 0.25) is 0 Å². The third kappa shape index (κ3) is 3.13. The predicted octanol–water partition coefficient (Wildman–Crippen LogP) is 2.68. The Hall–Kier alpha value is -2.02. The summed E-state index contributed by atoms with van der Waals surface area (Å²) in [6, 6.07) is 0. The molecule has 0 aromatic rings. The minimum absolute atomic E-state index is 0.0261. The number of hydrogen-bond acceptors (Lipinski definition) is 7. The first-order chi connectivity index (χ1) is 14.2. The molecule has 2 N–H and O–H groups in total. The predicted molar refractivity (Wildman–Crippen MR) is 108 cm³/mol. The molecule has 0 aromatic heterocycles. The minimum atomic E-state index is -0.728. The number of aliphatic hydroxyl groups is 1. The quantitative estimate of drug-likeness (QED) is 0.315. The van der Waals surface area contributed by atoms with Crippen LogP contribution in [0.5, 0.6) is 0 Å². The fourth-order valence-corrected chi connectivity index (χ4v) is 7.47. The topological polar surface area (TPSA) is 113 Å². The Morgan fingerprint density at radius 3 is 2.77 bits per heavy atom. The number of aliphatic hydroxyl groups excluding tert-OH is 1. The molecule has 3 saturated carbocycles. The molecule has 0 saturated heterocycles. The molecular formula is C23H31NO6. The molecule has 0 amide bonds. The van der Waals surface area contributed by atoms with Crippen LogP contribution in [0, 0.1) is 34.5 Å². The van der Waals surface area contributed by atoms with Crippen LogP contribution in [0.25, 0.3) is 0 Å².